The zero-order valence-electron chi connectivity index (χ0n) is 34.8. The summed E-state index contributed by atoms with van der Waals surface area (Å²) in [5.41, 5.74) is 13.2. The Balaban J connectivity index is 0.000000194. The summed E-state index contributed by atoms with van der Waals surface area (Å²) in [6.07, 6.45) is 8.73. The van der Waals surface area contributed by atoms with E-state index < -0.39 is 0 Å². The monoisotopic (exact) mass is 927 g/mol. The Kier molecular flexibility index (Phi) is 16.8. The molecule has 0 amide bonds. The van der Waals surface area contributed by atoms with Crippen molar-refractivity contribution in [1.82, 2.24) is 15.0 Å². The van der Waals surface area contributed by atoms with Gasteiger partial charge in [-0.15, -0.1) is 106 Å². The number of aromatic nitrogens is 3. The van der Waals surface area contributed by atoms with E-state index in [-0.39, 0.29) is 30.9 Å². The Labute approximate surface area is 356 Å². The summed E-state index contributed by atoms with van der Waals surface area (Å²) in [4.78, 5) is 13.0. The molecule has 4 heteroatoms. The van der Waals surface area contributed by atoms with Gasteiger partial charge in [0.25, 0.3) is 0 Å². The van der Waals surface area contributed by atoms with Crippen molar-refractivity contribution in [2.24, 2.45) is 0 Å². The van der Waals surface area contributed by atoms with Crippen LogP contribution >= 0.6 is 0 Å². The van der Waals surface area contributed by atoms with Crippen molar-refractivity contribution in [3.05, 3.63) is 198 Å². The summed E-state index contributed by atoms with van der Waals surface area (Å²) in [6, 6.07) is 55.8. The molecule has 0 saturated heterocycles. The minimum Gasteiger partial charge on any atom is -0.305 e. The predicted molar refractivity (Wildman–Crippen MR) is 235 cm³/mol. The molecule has 0 aliphatic carbocycles. The number of aryl methyl sites for hydroxylation is 2. The SMILES string of the molecule is CC(C)(C)c1c[c-]c(-c2ccccn2)cc1.CC(C)(C)c1c[c-]c(-c2ccccn2)cc1.CCC(C)c1ccc(CCc2c[c-]c(-c3ccccn3)cc2)cc1.[Ir+3]. The van der Waals surface area contributed by atoms with Crippen LogP contribution in [0.3, 0.4) is 0 Å². The quantitative estimate of drug-likeness (QED) is 0.143. The van der Waals surface area contributed by atoms with Gasteiger partial charge in [0.05, 0.1) is 0 Å². The van der Waals surface area contributed by atoms with Crippen molar-refractivity contribution in [3.8, 4) is 33.8 Å². The molecule has 1 atom stereocenters. The van der Waals surface area contributed by atoms with E-state index in [0.29, 0.717) is 5.92 Å². The molecular formula is C53H56IrN3. The Hall–Kier alpha value is -5.02. The smallest absolute Gasteiger partial charge is 0.305 e. The molecule has 4 aromatic carbocycles. The summed E-state index contributed by atoms with van der Waals surface area (Å²) < 4.78 is 0. The normalized spacial score (nSPS) is 11.5. The van der Waals surface area contributed by atoms with Crippen LogP contribution in [0, 0.1) is 18.2 Å². The molecule has 0 bridgehead atoms. The van der Waals surface area contributed by atoms with Crippen LogP contribution in [0.15, 0.2) is 152 Å². The fraction of sp³-hybridized carbons (Fsp3) is 0.264. The van der Waals surface area contributed by atoms with E-state index in [1.54, 1.807) is 12.4 Å². The second-order valence-corrected chi connectivity index (χ2v) is 16.3. The van der Waals surface area contributed by atoms with Gasteiger partial charge in [0.1, 0.15) is 0 Å². The molecule has 0 saturated carbocycles. The van der Waals surface area contributed by atoms with Crippen molar-refractivity contribution in [2.45, 2.75) is 91.4 Å². The van der Waals surface area contributed by atoms with E-state index >= 15 is 0 Å². The summed E-state index contributed by atoms with van der Waals surface area (Å²) in [5, 5.41) is 0. The Morgan fingerprint density at radius 3 is 1.18 bits per heavy atom. The molecule has 7 rings (SSSR count). The number of benzene rings is 4. The third-order valence-electron chi connectivity index (χ3n) is 9.92. The maximum atomic E-state index is 4.37. The second-order valence-electron chi connectivity index (χ2n) is 16.3. The van der Waals surface area contributed by atoms with Gasteiger partial charge in [0.2, 0.25) is 0 Å². The molecule has 0 spiro atoms. The Morgan fingerprint density at radius 2 is 0.860 bits per heavy atom. The van der Waals surface area contributed by atoms with Gasteiger partial charge >= 0.3 is 20.1 Å². The number of pyridine rings is 3. The Morgan fingerprint density at radius 1 is 0.474 bits per heavy atom. The van der Waals surface area contributed by atoms with Crippen LogP contribution in [0.4, 0.5) is 0 Å². The van der Waals surface area contributed by atoms with E-state index in [9.17, 15) is 0 Å². The standard InChI is InChI=1S/C23H24N.2C15H16N.Ir/c1-3-18(2)21-13-9-19(10-14-21)7-8-20-11-15-22(16-12-20)23-6-4-5-17-24-23;2*1-15(2,3)13-9-7-12(8-10-13)14-6-4-5-11-16-14;/h4-6,9-15,17-18H,3,7-8H2,1-2H3;2*4-7,9-11H,1-3H3;/q3*-1;+3. The average molecular weight is 927 g/mol. The molecule has 0 aliphatic rings. The van der Waals surface area contributed by atoms with Gasteiger partial charge in [0.15, 0.2) is 0 Å². The summed E-state index contributed by atoms with van der Waals surface area (Å²) >= 11 is 0. The first-order chi connectivity index (χ1) is 26.9. The largest absolute Gasteiger partial charge is 3.00 e. The van der Waals surface area contributed by atoms with Gasteiger partial charge < -0.3 is 15.0 Å². The minimum atomic E-state index is 0. The van der Waals surface area contributed by atoms with Gasteiger partial charge in [-0.05, 0) is 76.0 Å². The van der Waals surface area contributed by atoms with E-state index in [1.165, 1.54) is 34.2 Å². The van der Waals surface area contributed by atoms with Gasteiger partial charge in [-0.25, -0.2) is 0 Å². The van der Waals surface area contributed by atoms with Crippen LogP contribution in [0.1, 0.15) is 95.5 Å². The maximum Gasteiger partial charge on any atom is 3.00 e. The maximum absolute atomic E-state index is 4.37. The van der Waals surface area contributed by atoms with E-state index in [2.05, 4.69) is 167 Å². The fourth-order valence-corrected chi connectivity index (χ4v) is 5.98. The Bertz CT molecular complexity index is 2060. The van der Waals surface area contributed by atoms with Crippen LogP contribution in [0.2, 0.25) is 0 Å². The summed E-state index contributed by atoms with van der Waals surface area (Å²) in [6.45, 7) is 17.8. The second kappa shape index (κ2) is 21.5. The topological polar surface area (TPSA) is 38.7 Å². The van der Waals surface area contributed by atoms with Gasteiger partial charge in [-0.3, -0.25) is 0 Å². The first-order valence-electron chi connectivity index (χ1n) is 19.8. The predicted octanol–water partition coefficient (Wildman–Crippen LogP) is 13.5. The fourth-order valence-electron chi connectivity index (χ4n) is 5.98. The first kappa shape index (κ1) is 44.7. The van der Waals surface area contributed by atoms with Crippen molar-refractivity contribution < 1.29 is 20.1 Å². The van der Waals surface area contributed by atoms with Crippen LogP contribution in [0.25, 0.3) is 33.8 Å². The molecule has 0 fully saturated rings. The molecule has 0 aliphatic heterocycles. The van der Waals surface area contributed by atoms with Gasteiger partial charge in [-0.2, -0.15) is 0 Å². The number of hydrogen-bond acceptors (Lipinski definition) is 3. The molecule has 3 nitrogen and oxygen atoms in total. The molecule has 3 aromatic heterocycles. The van der Waals surface area contributed by atoms with E-state index in [4.69, 9.17) is 0 Å². The first-order valence-corrected chi connectivity index (χ1v) is 19.8. The summed E-state index contributed by atoms with van der Waals surface area (Å²) in [7, 11) is 0. The van der Waals surface area contributed by atoms with Gasteiger partial charge in [0, 0.05) is 18.6 Å². The molecule has 57 heavy (non-hydrogen) atoms. The van der Waals surface area contributed by atoms with Crippen LogP contribution in [-0.2, 0) is 43.8 Å². The number of rotatable bonds is 8. The van der Waals surface area contributed by atoms with E-state index in [0.717, 1.165) is 46.6 Å². The average Bonchev–Trinajstić information content (AvgIpc) is 3.24. The molecule has 0 radical (unpaired) electrons. The molecular weight excluding hydrogens is 871 g/mol. The molecule has 292 valence electrons. The number of nitrogens with zero attached hydrogens (tertiary/aromatic N) is 3. The van der Waals surface area contributed by atoms with Crippen LogP contribution < -0.4 is 0 Å². The minimum absolute atomic E-state index is 0. The van der Waals surface area contributed by atoms with Crippen LogP contribution in [-0.4, -0.2) is 15.0 Å². The molecule has 7 aromatic rings. The van der Waals surface area contributed by atoms with Crippen molar-refractivity contribution in [2.75, 3.05) is 0 Å². The zero-order chi connectivity index (χ0) is 40.0. The van der Waals surface area contributed by atoms with E-state index in [1.807, 2.05) is 60.8 Å². The molecule has 3 heterocycles. The van der Waals surface area contributed by atoms with Crippen molar-refractivity contribution in [3.63, 3.8) is 0 Å². The van der Waals surface area contributed by atoms with Crippen LogP contribution in [0.5, 0.6) is 0 Å². The third-order valence-corrected chi connectivity index (χ3v) is 9.92. The van der Waals surface area contributed by atoms with Crippen molar-refractivity contribution >= 4 is 0 Å². The molecule has 1 unspecified atom stereocenters. The third kappa shape index (κ3) is 13.8. The number of hydrogen-bond donors (Lipinski definition) is 0. The summed E-state index contributed by atoms with van der Waals surface area (Å²) in [5.74, 6) is 0.646. The van der Waals surface area contributed by atoms with Gasteiger partial charge in [-0.1, -0.05) is 122 Å². The van der Waals surface area contributed by atoms with Crippen molar-refractivity contribution in [1.29, 1.82) is 0 Å². The zero-order valence-corrected chi connectivity index (χ0v) is 37.2. The molecule has 0 N–H and O–H groups in total.